The third-order valence-corrected chi connectivity index (χ3v) is 8.58. The Morgan fingerprint density at radius 2 is 1.46 bits per heavy atom. The van der Waals surface area contributed by atoms with Gasteiger partial charge in [0.15, 0.2) is 0 Å². The fourth-order valence-electron chi connectivity index (χ4n) is 4.63. The van der Waals surface area contributed by atoms with Gasteiger partial charge in [0.2, 0.25) is 10.0 Å². The Morgan fingerprint density at radius 1 is 0.771 bits per heavy atom. The van der Waals surface area contributed by atoms with Crippen molar-refractivity contribution in [2.24, 2.45) is 0 Å². The second-order valence-corrected chi connectivity index (χ2v) is 10.8. The van der Waals surface area contributed by atoms with Crippen LogP contribution in [0.4, 0.5) is 5.82 Å². The molecule has 2 aromatic carbocycles. The maximum Gasteiger partial charge on any atom is 0.253 e. The molecule has 2 fully saturated rings. The van der Waals surface area contributed by atoms with E-state index in [1.807, 2.05) is 41.3 Å². The first kappa shape index (κ1) is 23.4. The molecule has 3 heterocycles. The monoisotopic (exact) mass is 491 g/mol. The third kappa shape index (κ3) is 5.06. The van der Waals surface area contributed by atoms with Crippen LogP contribution in [0.15, 0.2) is 71.9 Å². The van der Waals surface area contributed by atoms with Crippen LogP contribution in [0.2, 0.25) is 0 Å². The average Bonchev–Trinajstić information content (AvgIpc) is 2.94. The molecule has 2 aliphatic rings. The molecule has 1 amide bonds. The molecule has 0 spiro atoms. The van der Waals surface area contributed by atoms with Crippen LogP contribution in [0, 0.1) is 0 Å². The number of piperidine rings is 1. The van der Waals surface area contributed by atoms with Gasteiger partial charge in [-0.25, -0.2) is 18.4 Å². The summed E-state index contributed by atoms with van der Waals surface area (Å²) in [6.45, 7) is 3.59. The highest BCUT2D eigenvalue weighted by Gasteiger charge is 2.27. The molecule has 35 heavy (non-hydrogen) atoms. The van der Waals surface area contributed by atoms with Crippen LogP contribution in [-0.4, -0.2) is 72.8 Å². The number of benzene rings is 2. The number of aromatic nitrogens is 2. The van der Waals surface area contributed by atoms with Gasteiger partial charge in [-0.15, -0.1) is 0 Å². The zero-order valence-corrected chi connectivity index (χ0v) is 20.4. The predicted molar refractivity (Wildman–Crippen MR) is 135 cm³/mol. The van der Waals surface area contributed by atoms with Crippen LogP contribution in [-0.2, 0) is 10.0 Å². The Bertz CT molecular complexity index is 1270. The van der Waals surface area contributed by atoms with Crippen molar-refractivity contribution in [1.29, 1.82) is 0 Å². The average molecular weight is 492 g/mol. The molecule has 3 aromatic rings. The van der Waals surface area contributed by atoms with E-state index in [2.05, 4.69) is 14.9 Å². The van der Waals surface area contributed by atoms with Crippen LogP contribution in [0.3, 0.4) is 0 Å². The maximum atomic E-state index is 13.1. The van der Waals surface area contributed by atoms with E-state index in [1.54, 1.807) is 34.9 Å². The molecular weight excluding hydrogens is 462 g/mol. The van der Waals surface area contributed by atoms with Crippen LogP contribution in [0.25, 0.3) is 11.3 Å². The van der Waals surface area contributed by atoms with Gasteiger partial charge in [0.25, 0.3) is 5.91 Å². The second-order valence-electron chi connectivity index (χ2n) is 8.90. The van der Waals surface area contributed by atoms with E-state index in [4.69, 9.17) is 0 Å². The number of carbonyl (C=O) groups excluding carboxylic acids is 1. The number of nitrogens with zero attached hydrogens (tertiary/aromatic N) is 5. The molecule has 0 saturated carbocycles. The Morgan fingerprint density at radius 3 is 2.14 bits per heavy atom. The molecule has 0 bridgehead atoms. The van der Waals surface area contributed by atoms with Crippen molar-refractivity contribution in [2.75, 3.05) is 44.2 Å². The largest absolute Gasteiger partial charge is 0.353 e. The third-order valence-electron chi connectivity index (χ3n) is 6.67. The topological polar surface area (TPSA) is 86.7 Å². The SMILES string of the molecule is O=C(c1ccc(S(=O)(=O)N2CCCCC2)cc1)N1CCN(c2cc(-c3ccccc3)ncn2)CC1. The highest BCUT2D eigenvalue weighted by Crippen LogP contribution is 2.23. The van der Waals surface area contributed by atoms with E-state index < -0.39 is 10.0 Å². The molecule has 8 nitrogen and oxygen atoms in total. The van der Waals surface area contributed by atoms with Gasteiger partial charge in [-0.05, 0) is 37.1 Å². The number of hydrogen-bond donors (Lipinski definition) is 0. The summed E-state index contributed by atoms with van der Waals surface area (Å²) in [5.41, 5.74) is 2.41. The second kappa shape index (κ2) is 10.1. The molecule has 2 saturated heterocycles. The Labute approximate surface area is 206 Å². The summed E-state index contributed by atoms with van der Waals surface area (Å²) in [6, 6.07) is 18.3. The lowest BCUT2D eigenvalue weighted by atomic mass is 10.1. The molecule has 0 aliphatic carbocycles. The molecule has 1 aromatic heterocycles. The minimum Gasteiger partial charge on any atom is -0.353 e. The van der Waals surface area contributed by atoms with Crippen molar-refractivity contribution in [2.45, 2.75) is 24.2 Å². The van der Waals surface area contributed by atoms with Crippen molar-refractivity contribution in [3.05, 3.63) is 72.6 Å². The van der Waals surface area contributed by atoms with Gasteiger partial charge in [0.05, 0.1) is 10.6 Å². The van der Waals surface area contributed by atoms with Crippen molar-refractivity contribution in [3.8, 4) is 11.3 Å². The van der Waals surface area contributed by atoms with Crippen LogP contribution >= 0.6 is 0 Å². The Hall–Kier alpha value is -3.30. The van der Waals surface area contributed by atoms with Crippen molar-refractivity contribution >= 4 is 21.7 Å². The standard InChI is InChI=1S/C26H29N5O3S/c32-26(22-9-11-23(12-10-22)35(33,34)31-13-5-2-6-14-31)30-17-15-29(16-18-30)25-19-24(27-20-28-25)21-7-3-1-4-8-21/h1,3-4,7-12,19-20H,2,5-6,13-18H2. The molecule has 2 aliphatic heterocycles. The first-order chi connectivity index (χ1) is 17.0. The molecule has 9 heteroatoms. The number of rotatable bonds is 5. The van der Waals surface area contributed by atoms with Gasteiger partial charge in [-0.2, -0.15) is 4.31 Å². The number of anilines is 1. The Balaban J connectivity index is 1.22. The molecule has 0 atom stereocenters. The summed E-state index contributed by atoms with van der Waals surface area (Å²) >= 11 is 0. The lowest BCUT2D eigenvalue weighted by molar-refractivity contribution is 0.0746. The van der Waals surface area contributed by atoms with Gasteiger partial charge < -0.3 is 9.80 Å². The summed E-state index contributed by atoms with van der Waals surface area (Å²) in [6.07, 6.45) is 4.43. The molecule has 0 N–H and O–H groups in total. The Kier molecular flexibility index (Phi) is 6.79. The normalized spacial score (nSPS) is 17.4. The number of carbonyl (C=O) groups is 1. The van der Waals surface area contributed by atoms with Crippen molar-refractivity contribution in [3.63, 3.8) is 0 Å². The van der Waals surface area contributed by atoms with Gasteiger partial charge in [0, 0.05) is 56.5 Å². The number of sulfonamides is 1. The van der Waals surface area contributed by atoms with E-state index in [9.17, 15) is 13.2 Å². The first-order valence-corrected chi connectivity index (χ1v) is 13.5. The van der Waals surface area contributed by atoms with E-state index in [1.165, 1.54) is 0 Å². The van der Waals surface area contributed by atoms with Gasteiger partial charge in [-0.3, -0.25) is 4.79 Å². The van der Waals surface area contributed by atoms with Crippen LogP contribution < -0.4 is 4.90 Å². The smallest absolute Gasteiger partial charge is 0.253 e. The highest BCUT2D eigenvalue weighted by molar-refractivity contribution is 7.89. The number of piperazine rings is 1. The van der Waals surface area contributed by atoms with Crippen LogP contribution in [0.5, 0.6) is 0 Å². The zero-order valence-electron chi connectivity index (χ0n) is 19.6. The zero-order chi connectivity index (χ0) is 24.3. The molecule has 182 valence electrons. The summed E-state index contributed by atoms with van der Waals surface area (Å²) in [7, 11) is -3.50. The molecular formula is C26H29N5O3S. The molecule has 0 radical (unpaired) electrons. The minimum atomic E-state index is -3.50. The summed E-state index contributed by atoms with van der Waals surface area (Å²) in [5, 5.41) is 0. The minimum absolute atomic E-state index is 0.0840. The van der Waals surface area contributed by atoms with Crippen molar-refractivity contribution in [1.82, 2.24) is 19.2 Å². The van der Waals surface area contributed by atoms with E-state index in [0.717, 1.165) is 36.3 Å². The van der Waals surface area contributed by atoms with Gasteiger partial charge in [0.1, 0.15) is 12.1 Å². The summed E-state index contributed by atoms with van der Waals surface area (Å²) in [5.74, 6) is 0.762. The van der Waals surface area contributed by atoms with E-state index in [-0.39, 0.29) is 10.8 Å². The number of hydrogen-bond acceptors (Lipinski definition) is 6. The van der Waals surface area contributed by atoms with Gasteiger partial charge >= 0.3 is 0 Å². The number of amides is 1. The summed E-state index contributed by atoms with van der Waals surface area (Å²) < 4.78 is 27.3. The quantitative estimate of drug-likeness (QED) is 0.545. The van der Waals surface area contributed by atoms with Gasteiger partial charge in [-0.1, -0.05) is 36.8 Å². The van der Waals surface area contributed by atoms with E-state index in [0.29, 0.717) is 44.8 Å². The van der Waals surface area contributed by atoms with E-state index >= 15 is 0 Å². The maximum absolute atomic E-state index is 13.1. The molecule has 5 rings (SSSR count). The fourth-order valence-corrected chi connectivity index (χ4v) is 6.15. The summed E-state index contributed by atoms with van der Waals surface area (Å²) in [4.78, 5) is 26.1. The lowest BCUT2D eigenvalue weighted by Crippen LogP contribution is -2.49. The van der Waals surface area contributed by atoms with Crippen LogP contribution in [0.1, 0.15) is 29.6 Å². The molecule has 0 unspecified atom stereocenters. The first-order valence-electron chi connectivity index (χ1n) is 12.0. The fraction of sp³-hybridized carbons (Fsp3) is 0.346. The lowest BCUT2D eigenvalue weighted by Gasteiger charge is -2.35. The van der Waals surface area contributed by atoms with Crippen molar-refractivity contribution < 1.29 is 13.2 Å². The highest BCUT2D eigenvalue weighted by atomic mass is 32.2. The predicted octanol–water partition coefficient (Wildman–Crippen LogP) is 3.28.